The number of methoxy groups -OCH3 is 1. The third kappa shape index (κ3) is 4.47. The summed E-state index contributed by atoms with van der Waals surface area (Å²) in [5.74, 6) is -0.432. The molecule has 0 spiro atoms. The Balaban J connectivity index is 2.04. The van der Waals surface area contributed by atoms with Crippen LogP contribution in [0.25, 0.3) is 11.1 Å². The van der Waals surface area contributed by atoms with Gasteiger partial charge in [-0.2, -0.15) is 0 Å². The number of carbonyl (C=O) groups excluding carboxylic acids is 2. The summed E-state index contributed by atoms with van der Waals surface area (Å²) < 4.78 is 10.5. The Morgan fingerprint density at radius 3 is 2.41 bits per heavy atom. The van der Waals surface area contributed by atoms with E-state index in [0.717, 1.165) is 10.4 Å². The number of hydrogen-bond donors (Lipinski definition) is 1. The van der Waals surface area contributed by atoms with Crippen molar-refractivity contribution in [1.29, 1.82) is 0 Å². The summed E-state index contributed by atoms with van der Waals surface area (Å²) in [5, 5.41) is 14.3. The topological polar surface area (TPSA) is 108 Å². The Morgan fingerprint density at radius 2 is 1.81 bits per heavy atom. The number of nitro benzene ring substituents is 1. The fraction of sp³-hybridized carbons (Fsp3) is 0.217. The molecule has 0 unspecified atom stereocenters. The number of nitro groups is 1. The second-order valence-corrected chi connectivity index (χ2v) is 8.07. The number of nitrogens with one attached hydrogen (secondary N) is 1. The van der Waals surface area contributed by atoms with Gasteiger partial charge in [0.15, 0.2) is 0 Å². The molecule has 2 aromatic carbocycles. The van der Waals surface area contributed by atoms with Crippen LogP contribution in [-0.4, -0.2) is 30.5 Å². The lowest BCUT2D eigenvalue weighted by atomic mass is 10.0. The second kappa shape index (κ2) is 9.61. The van der Waals surface area contributed by atoms with Crippen molar-refractivity contribution in [2.45, 2.75) is 20.8 Å². The van der Waals surface area contributed by atoms with Gasteiger partial charge in [-0.05, 0) is 44.5 Å². The van der Waals surface area contributed by atoms with Crippen LogP contribution in [0.3, 0.4) is 0 Å². The number of nitrogens with zero attached hydrogens (tertiary/aromatic N) is 1. The fourth-order valence-electron chi connectivity index (χ4n) is 3.40. The Hall–Kier alpha value is -3.72. The van der Waals surface area contributed by atoms with Gasteiger partial charge in [-0.25, -0.2) is 4.79 Å². The standard InChI is InChI=1S/C23H22N2O6S/c1-5-31-16-11-9-15(10-12-16)19-14(3)32-22(20(19)23(27)30-4)24-21(26)17-7-6-8-18(13(17)2)25(28)29/h6-12H,5H2,1-4H3,(H,24,26). The molecule has 3 aromatic rings. The second-order valence-electron chi connectivity index (χ2n) is 6.85. The summed E-state index contributed by atoms with van der Waals surface area (Å²) in [5.41, 5.74) is 1.91. The molecule has 0 radical (unpaired) electrons. The molecule has 8 nitrogen and oxygen atoms in total. The number of rotatable bonds is 7. The van der Waals surface area contributed by atoms with E-state index in [1.807, 2.05) is 38.1 Å². The highest BCUT2D eigenvalue weighted by atomic mass is 32.1. The van der Waals surface area contributed by atoms with Gasteiger partial charge >= 0.3 is 5.97 Å². The predicted octanol–water partition coefficient (Wildman–Crippen LogP) is 5.38. The molecule has 1 heterocycles. The van der Waals surface area contributed by atoms with Crippen molar-refractivity contribution in [3.05, 3.63) is 74.1 Å². The van der Waals surface area contributed by atoms with Crippen LogP contribution in [0.2, 0.25) is 0 Å². The number of thiophene rings is 1. The molecule has 166 valence electrons. The van der Waals surface area contributed by atoms with Gasteiger partial charge in [0.1, 0.15) is 16.3 Å². The number of esters is 1. The van der Waals surface area contributed by atoms with Crippen LogP contribution in [0.5, 0.6) is 5.75 Å². The monoisotopic (exact) mass is 454 g/mol. The Labute approximate surface area is 188 Å². The van der Waals surface area contributed by atoms with Gasteiger partial charge in [0.2, 0.25) is 0 Å². The molecule has 0 fully saturated rings. The molecular formula is C23H22N2O6S. The van der Waals surface area contributed by atoms with Crippen molar-refractivity contribution >= 4 is 33.9 Å². The van der Waals surface area contributed by atoms with Crippen LogP contribution in [0.1, 0.15) is 38.1 Å². The average Bonchev–Trinajstić information content (AvgIpc) is 3.09. The van der Waals surface area contributed by atoms with Crippen LogP contribution < -0.4 is 10.1 Å². The van der Waals surface area contributed by atoms with E-state index in [9.17, 15) is 19.7 Å². The van der Waals surface area contributed by atoms with E-state index < -0.39 is 16.8 Å². The fourth-order valence-corrected chi connectivity index (χ4v) is 4.46. The van der Waals surface area contributed by atoms with Crippen LogP contribution in [0, 0.1) is 24.0 Å². The van der Waals surface area contributed by atoms with Crippen molar-refractivity contribution in [3.63, 3.8) is 0 Å². The highest BCUT2D eigenvalue weighted by molar-refractivity contribution is 7.17. The Bertz CT molecular complexity index is 1180. The summed E-state index contributed by atoms with van der Waals surface area (Å²) >= 11 is 1.24. The van der Waals surface area contributed by atoms with Gasteiger partial charge in [0.05, 0.1) is 18.6 Å². The number of benzene rings is 2. The predicted molar refractivity (Wildman–Crippen MR) is 123 cm³/mol. The molecule has 0 aliphatic heterocycles. The van der Waals surface area contributed by atoms with E-state index in [0.29, 0.717) is 22.9 Å². The maximum Gasteiger partial charge on any atom is 0.341 e. The van der Waals surface area contributed by atoms with Gasteiger partial charge in [-0.15, -0.1) is 11.3 Å². The summed E-state index contributed by atoms with van der Waals surface area (Å²) in [7, 11) is 1.27. The SMILES string of the molecule is CCOc1ccc(-c2c(C)sc(NC(=O)c3cccc([N+](=O)[O-])c3C)c2C(=O)OC)cc1. The Morgan fingerprint density at radius 1 is 1.12 bits per heavy atom. The molecule has 0 aliphatic rings. The third-order valence-electron chi connectivity index (χ3n) is 4.90. The molecule has 0 atom stereocenters. The van der Waals surface area contributed by atoms with E-state index in [-0.39, 0.29) is 22.4 Å². The molecule has 9 heteroatoms. The molecule has 0 saturated heterocycles. The van der Waals surface area contributed by atoms with Crippen LogP contribution >= 0.6 is 11.3 Å². The first kappa shape index (κ1) is 23.0. The van der Waals surface area contributed by atoms with E-state index >= 15 is 0 Å². The van der Waals surface area contributed by atoms with Crippen LogP contribution in [0.4, 0.5) is 10.7 Å². The van der Waals surface area contributed by atoms with Gasteiger partial charge in [0.25, 0.3) is 11.6 Å². The van der Waals surface area contributed by atoms with Crippen LogP contribution in [-0.2, 0) is 4.74 Å². The third-order valence-corrected chi connectivity index (χ3v) is 5.92. The number of amides is 1. The lowest BCUT2D eigenvalue weighted by Gasteiger charge is -2.10. The summed E-state index contributed by atoms with van der Waals surface area (Å²) in [6, 6.07) is 11.6. The van der Waals surface area contributed by atoms with E-state index in [1.54, 1.807) is 0 Å². The summed E-state index contributed by atoms with van der Waals surface area (Å²) in [6.45, 7) is 5.79. The van der Waals surface area contributed by atoms with Gasteiger partial charge in [0, 0.05) is 27.6 Å². The molecule has 1 amide bonds. The maximum absolute atomic E-state index is 13.0. The molecule has 1 aromatic heterocycles. The van der Waals surface area contributed by atoms with Crippen molar-refractivity contribution in [3.8, 4) is 16.9 Å². The number of carbonyl (C=O) groups is 2. The van der Waals surface area contributed by atoms with Gasteiger partial charge in [-0.3, -0.25) is 14.9 Å². The molecule has 0 aliphatic carbocycles. The maximum atomic E-state index is 13.0. The zero-order valence-electron chi connectivity index (χ0n) is 18.1. The smallest absolute Gasteiger partial charge is 0.341 e. The molecule has 3 rings (SSSR count). The molecule has 1 N–H and O–H groups in total. The van der Waals surface area contributed by atoms with Crippen LogP contribution in [0.15, 0.2) is 42.5 Å². The van der Waals surface area contributed by atoms with E-state index in [4.69, 9.17) is 9.47 Å². The summed E-state index contributed by atoms with van der Waals surface area (Å²) in [6.07, 6.45) is 0. The van der Waals surface area contributed by atoms with Crippen molar-refractivity contribution in [2.24, 2.45) is 0 Å². The highest BCUT2D eigenvalue weighted by Crippen LogP contribution is 2.41. The van der Waals surface area contributed by atoms with Gasteiger partial charge < -0.3 is 14.8 Å². The number of anilines is 1. The van der Waals surface area contributed by atoms with Crippen molar-refractivity contribution < 1.29 is 24.0 Å². The first-order valence-corrected chi connectivity index (χ1v) is 10.6. The minimum absolute atomic E-state index is 0.150. The molecular weight excluding hydrogens is 432 g/mol. The first-order chi connectivity index (χ1) is 15.3. The average molecular weight is 455 g/mol. The highest BCUT2D eigenvalue weighted by Gasteiger charge is 2.26. The largest absolute Gasteiger partial charge is 0.494 e. The van der Waals surface area contributed by atoms with E-state index in [2.05, 4.69) is 5.32 Å². The van der Waals surface area contributed by atoms with Crippen molar-refractivity contribution in [1.82, 2.24) is 0 Å². The number of aryl methyl sites for hydroxylation is 1. The summed E-state index contributed by atoms with van der Waals surface area (Å²) in [4.78, 5) is 37.1. The van der Waals surface area contributed by atoms with E-state index in [1.165, 1.54) is 43.6 Å². The molecule has 0 saturated carbocycles. The lowest BCUT2D eigenvalue weighted by molar-refractivity contribution is -0.385. The zero-order chi connectivity index (χ0) is 23.4. The zero-order valence-corrected chi connectivity index (χ0v) is 18.9. The number of hydrogen-bond acceptors (Lipinski definition) is 7. The minimum Gasteiger partial charge on any atom is -0.494 e. The van der Waals surface area contributed by atoms with Gasteiger partial charge in [-0.1, -0.05) is 18.2 Å². The normalized spacial score (nSPS) is 10.5. The number of ether oxygens (including phenoxy) is 2. The quantitative estimate of drug-likeness (QED) is 0.292. The lowest BCUT2D eigenvalue weighted by Crippen LogP contribution is -2.16. The first-order valence-electron chi connectivity index (χ1n) is 9.78. The molecule has 32 heavy (non-hydrogen) atoms. The minimum atomic E-state index is -0.593. The Kier molecular flexibility index (Phi) is 6.89. The van der Waals surface area contributed by atoms with Crippen molar-refractivity contribution in [2.75, 3.05) is 19.0 Å². The molecule has 0 bridgehead atoms.